The Bertz CT molecular complexity index is 510. The van der Waals surface area contributed by atoms with Crippen LogP contribution in [-0.2, 0) is 4.79 Å². The number of nitrogens with one attached hydrogen (secondary N) is 1. The van der Waals surface area contributed by atoms with Crippen molar-refractivity contribution in [3.05, 3.63) is 41.5 Å². The summed E-state index contributed by atoms with van der Waals surface area (Å²) in [6.07, 6.45) is -0.203. The van der Waals surface area contributed by atoms with Crippen LogP contribution in [0, 0.1) is 16.7 Å². The summed E-state index contributed by atoms with van der Waals surface area (Å²) in [6.45, 7) is 1.26. The molecule has 0 aromatic heterocycles. The second-order valence-corrected chi connectivity index (χ2v) is 3.46. The van der Waals surface area contributed by atoms with Gasteiger partial charge in [0.2, 0.25) is 0 Å². The van der Waals surface area contributed by atoms with Gasteiger partial charge in [0.15, 0.2) is 5.78 Å². The van der Waals surface area contributed by atoms with Gasteiger partial charge in [-0.3, -0.25) is 4.79 Å². The largest absolute Gasteiger partial charge is 0.506 e. The van der Waals surface area contributed by atoms with Crippen LogP contribution in [0.4, 0.5) is 0 Å². The topological polar surface area (TPSA) is 84.9 Å². The molecule has 86 valence electrons. The zero-order chi connectivity index (χ0) is 12.8. The van der Waals surface area contributed by atoms with Gasteiger partial charge in [-0.1, -0.05) is 30.3 Å². The number of Topliss-reactive ketones (excluding diaryl/α,β-unsaturated/α-hetero) is 1. The predicted molar refractivity (Wildman–Crippen MR) is 64.6 cm³/mol. The molecule has 0 spiro atoms. The van der Waals surface area contributed by atoms with E-state index in [2.05, 4.69) is 0 Å². The number of aliphatic hydroxyl groups is 1. The van der Waals surface area contributed by atoms with Crippen molar-refractivity contribution in [3.8, 4) is 6.07 Å². The van der Waals surface area contributed by atoms with E-state index in [0.717, 1.165) is 0 Å². The molecule has 0 saturated heterocycles. The summed E-state index contributed by atoms with van der Waals surface area (Å²) in [5.41, 5.74) is 0.194. The molecule has 0 atom stereocenters. The van der Waals surface area contributed by atoms with Crippen LogP contribution in [0.1, 0.15) is 18.9 Å². The molecule has 17 heavy (non-hydrogen) atoms. The summed E-state index contributed by atoms with van der Waals surface area (Å²) in [7, 11) is 0. The number of hydrogen-bond acceptors (Lipinski definition) is 4. The van der Waals surface area contributed by atoms with E-state index in [1.54, 1.807) is 36.4 Å². The Kier molecular flexibility index (Phi) is 4.18. The fraction of sp³-hybridized carbons (Fsp3) is 0.154. The fourth-order valence-electron chi connectivity index (χ4n) is 1.43. The zero-order valence-electron chi connectivity index (χ0n) is 9.40. The minimum absolute atomic E-state index is 0.0993. The lowest BCUT2D eigenvalue weighted by molar-refractivity contribution is -0.113. The van der Waals surface area contributed by atoms with Crippen LogP contribution in [-0.4, -0.2) is 16.6 Å². The first kappa shape index (κ1) is 12.7. The third-order valence-electron chi connectivity index (χ3n) is 2.19. The first-order chi connectivity index (χ1) is 8.07. The fourth-order valence-corrected chi connectivity index (χ4v) is 1.43. The third kappa shape index (κ3) is 3.02. The lowest BCUT2D eigenvalue weighted by Crippen LogP contribution is -2.11. The number of aliphatic hydroxyl groups excluding tert-OH is 1. The Morgan fingerprint density at radius 1 is 1.41 bits per heavy atom. The van der Waals surface area contributed by atoms with Gasteiger partial charge < -0.3 is 10.5 Å². The molecule has 1 rings (SSSR count). The van der Waals surface area contributed by atoms with E-state index in [1.807, 2.05) is 0 Å². The number of allylic oxidation sites excluding steroid dienone is 1. The number of nitriles is 1. The summed E-state index contributed by atoms with van der Waals surface area (Å²) >= 11 is 0. The molecule has 0 heterocycles. The summed E-state index contributed by atoms with van der Waals surface area (Å²) in [6, 6.07) is 10.3. The van der Waals surface area contributed by atoms with Crippen LogP contribution >= 0.6 is 0 Å². The summed E-state index contributed by atoms with van der Waals surface area (Å²) in [5, 5.41) is 26.1. The van der Waals surface area contributed by atoms with E-state index in [-0.39, 0.29) is 23.5 Å². The maximum absolute atomic E-state index is 11.4. The van der Waals surface area contributed by atoms with Crippen LogP contribution in [0.15, 0.2) is 35.9 Å². The van der Waals surface area contributed by atoms with E-state index in [1.165, 1.54) is 6.92 Å². The second kappa shape index (κ2) is 5.61. The van der Waals surface area contributed by atoms with Crippen molar-refractivity contribution < 1.29 is 9.90 Å². The number of benzene rings is 1. The van der Waals surface area contributed by atoms with E-state index in [4.69, 9.17) is 10.7 Å². The van der Waals surface area contributed by atoms with Crippen LogP contribution < -0.4 is 0 Å². The lowest BCUT2D eigenvalue weighted by atomic mass is 9.99. The highest BCUT2D eigenvalue weighted by molar-refractivity contribution is 6.25. The Hall–Kier alpha value is -2.41. The van der Waals surface area contributed by atoms with Gasteiger partial charge in [-0.25, -0.2) is 0 Å². The van der Waals surface area contributed by atoms with Crippen LogP contribution in [0.25, 0.3) is 5.76 Å². The van der Waals surface area contributed by atoms with Gasteiger partial charge in [0, 0.05) is 5.56 Å². The van der Waals surface area contributed by atoms with Gasteiger partial charge in [0.1, 0.15) is 5.76 Å². The molecule has 0 radical (unpaired) electrons. The Morgan fingerprint density at radius 2 is 2.00 bits per heavy atom. The van der Waals surface area contributed by atoms with Gasteiger partial charge >= 0.3 is 0 Å². The average Bonchev–Trinajstić information content (AvgIpc) is 2.30. The lowest BCUT2D eigenvalue weighted by Gasteiger charge is -2.07. The average molecular weight is 228 g/mol. The van der Waals surface area contributed by atoms with Crippen molar-refractivity contribution in [1.82, 2.24) is 0 Å². The van der Waals surface area contributed by atoms with Gasteiger partial charge in [0.05, 0.1) is 23.8 Å². The van der Waals surface area contributed by atoms with Crippen molar-refractivity contribution in [2.24, 2.45) is 0 Å². The Balaban J connectivity index is 3.26. The Morgan fingerprint density at radius 3 is 2.47 bits per heavy atom. The molecule has 0 aliphatic rings. The Labute approximate surface area is 99.3 Å². The molecule has 0 saturated carbocycles. The van der Waals surface area contributed by atoms with E-state index < -0.39 is 5.78 Å². The second-order valence-electron chi connectivity index (χ2n) is 3.46. The molecule has 1 aromatic rings. The van der Waals surface area contributed by atoms with Gasteiger partial charge in [-0.2, -0.15) is 5.26 Å². The van der Waals surface area contributed by atoms with E-state index in [0.29, 0.717) is 5.56 Å². The highest BCUT2D eigenvalue weighted by Gasteiger charge is 2.17. The summed E-state index contributed by atoms with van der Waals surface area (Å²) in [4.78, 5) is 11.4. The van der Waals surface area contributed by atoms with E-state index in [9.17, 15) is 9.90 Å². The summed E-state index contributed by atoms with van der Waals surface area (Å²) < 4.78 is 0. The molecule has 4 nitrogen and oxygen atoms in total. The molecule has 0 bridgehead atoms. The predicted octanol–water partition coefficient (Wildman–Crippen LogP) is 2.48. The first-order valence-corrected chi connectivity index (χ1v) is 5.02. The highest BCUT2D eigenvalue weighted by Crippen LogP contribution is 2.18. The van der Waals surface area contributed by atoms with Crippen molar-refractivity contribution >= 4 is 17.3 Å². The molecule has 4 heteroatoms. The van der Waals surface area contributed by atoms with E-state index >= 15 is 0 Å². The molecule has 0 fully saturated rings. The number of rotatable bonds is 4. The smallest absolute Gasteiger partial charge is 0.165 e. The summed E-state index contributed by atoms with van der Waals surface area (Å²) in [5.74, 6) is -0.676. The van der Waals surface area contributed by atoms with Crippen molar-refractivity contribution in [3.63, 3.8) is 0 Å². The first-order valence-electron chi connectivity index (χ1n) is 5.02. The monoisotopic (exact) mass is 228 g/mol. The molecule has 0 amide bonds. The molecule has 0 aliphatic carbocycles. The molecule has 2 N–H and O–H groups in total. The van der Waals surface area contributed by atoms with Crippen molar-refractivity contribution in [2.45, 2.75) is 13.3 Å². The molecular weight excluding hydrogens is 216 g/mol. The van der Waals surface area contributed by atoms with Gasteiger partial charge in [-0.05, 0) is 6.92 Å². The number of carbonyl (C=O) groups is 1. The molecule has 1 aromatic carbocycles. The highest BCUT2D eigenvalue weighted by atomic mass is 16.3. The van der Waals surface area contributed by atoms with Gasteiger partial charge in [-0.15, -0.1) is 0 Å². The minimum Gasteiger partial charge on any atom is -0.506 e. The molecule has 0 unspecified atom stereocenters. The van der Waals surface area contributed by atoms with Crippen molar-refractivity contribution in [1.29, 1.82) is 10.7 Å². The van der Waals surface area contributed by atoms with Crippen molar-refractivity contribution in [2.75, 3.05) is 0 Å². The zero-order valence-corrected chi connectivity index (χ0v) is 9.40. The maximum Gasteiger partial charge on any atom is 0.165 e. The number of ketones is 1. The van der Waals surface area contributed by atoms with Crippen LogP contribution in [0.3, 0.4) is 0 Å². The maximum atomic E-state index is 11.4. The SMILES string of the molecule is CC(=O)/C(C(=N)CC#N)=C(\O)c1ccccc1. The molecular formula is C13H12N2O2. The normalized spacial score (nSPS) is 11.3. The van der Waals surface area contributed by atoms with Crippen LogP contribution in [0.2, 0.25) is 0 Å². The van der Waals surface area contributed by atoms with Gasteiger partial charge in [0.25, 0.3) is 0 Å². The number of nitrogens with zero attached hydrogens (tertiary/aromatic N) is 1. The minimum atomic E-state index is -0.424. The number of hydrogen-bond donors (Lipinski definition) is 2. The quantitative estimate of drug-likeness (QED) is 0.471. The number of carbonyl (C=O) groups excluding carboxylic acids is 1. The standard InChI is InChI=1S/C13H12N2O2/c1-9(16)12(11(15)7-8-14)13(17)10-5-3-2-4-6-10/h2-6,15,17H,7H2,1H3/b13-12+,15-11?. The third-order valence-corrected chi connectivity index (χ3v) is 2.19. The molecule has 0 aliphatic heterocycles. The van der Waals surface area contributed by atoms with Crippen LogP contribution in [0.5, 0.6) is 0 Å².